The van der Waals surface area contributed by atoms with E-state index < -0.39 is 11.4 Å². The molecular formula is C12H15NO3. The van der Waals surface area contributed by atoms with Gasteiger partial charge >= 0.3 is 5.97 Å². The van der Waals surface area contributed by atoms with Crippen LogP contribution in [0.3, 0.4) is 0 Å². The molecule has 0 bridgehead atoms. The number of hydrogen-bond acceptors (Lipinski definition) is 3. The number of ether oxygens (including phenoxy) is 1. The summed E-state index contributed by atoms with van der Waals surface area (Å²) in [5.41, 5.74) is 6.24. The van der Waals surface area contributed by atoms with E-state index in [2.05, 4.69) is 0 Å². The summed E-state index contributed by atoms with van der Waals surface area (Å²) in [6.07, 6.45) is 0.639. The minimum absolute atomic E-state index is 0.124. The first-order valence-corrected chi connectivity index (χ1v) is 5.19. The summed E-state index contributed by atoms with van der Waals surface area (Å²) in [4.78, 5) is 11.3. The Balaban J connectivity index is 2.51. The van der Waals surface area contributed by atoms with Crippen molar-refractivity contribution in [3.05, 3.63) is 23.8 Å². The monoisotopic (exact) mass is 221 g/mol. The fourth-order valence-corrected chi connectivity index (χ4v) is 2.26. The van der Waals surface area contributed by atoms with Crippen LogP contribution >= 0.6 is 0 Å². The lowest BCUT2D eigenvalue weighted by Gasteiger charge is -2.15. The minimum atomic E-state index is -0.807. The maximum Gasteiger partial charge on any atom is 0.314 e. The van der Waals surface area contributed by atoms with Crippen molar-refractivity contribution in [3.63, 3.8) is 0 Å². The Kier molecular flexibility index (Phi) is 2.30. The second kappa shape index (κ2) is 3.40. The molecule has 1 aromatic carbocycles. The number of carboxylic acid groups (broad SMARTS) is 1. The van der Waals surface area contributed by atoms with Crippen molar-refractivity contribution < 1.29 is 14.6 Å². The molecule has 2 rings (SSSR count). The molecule has 1 aromatic rings. The maximum absolute atomic E-state index is 11.3. The molecule has 2 atom stereocenters. The van der Waals surface area contributed by atoms with Crippen molar-refractivity contribution in [1.29, 1.82) is 0 Å². The van der Waals surface area contributed by atoms with Gasteiger partial charge in [-0.1, -0.05) is 6.92 Å². The third kappa shape index (κ3) is 1.33. The number of rotatable bonds is 3. The molecular weight excluding hydrogens is 206 g/mol. The Labute approximate surface area is 94.0 Å². The van der Waals surface area contributed by atoms with Crippen molar-refractivity contribution in [2.75, 3.05) is 12.8 Å². The SMILES string of the molecule is COc1ccc(N)c(C2(C(=O)O)CC2C)c1. The zero-order valence-electron chi connectivity index (χ0n) is 9.36. The van der Waals surface area contributed by atoms with Gasteiger partial charge in [-0.3, -0.25) is 4.79 Å². The highest BCUT2D eigenvalue weighted by Gasteiger charge is 2.59. The number of methoxy groups -OCH3 is 1. The number of hydrogen-bond donors (Lipinski definition) is 2. The summed E-state index contributed by atoms with van der Waals surface area (Å²) < 4.78 is 5.10. The Morgan fingerprint density at radius 3 is 2.69 bits per heavy atom. The summed E-state index contributed by atoms with van der Waals surface area (Å²) in [5, 5.41) is 9.32. The third-order valence-corrected chi connectivity index (χ3v) is 3.43. The molecule has 0 saturated heterocycles. The van der Waals surface area contributed by atoms with Gasteiger partial charge in [0.2, 0.25) is 0 Å². The molecule has 1 aliphatic rings. The number of carbonyl (C=O) groups is 1. The van der Waals surface area contributed by atoms with E-state index in [0.29, 0.717) is 23.4 Å². The second-order valence-electron chi connectivity index (χ2n) is 4.33. The van der Waals surface area contributed by atoms with Gasteiger partial charge in [0.15, 0.2) is 0 Å². The molecule has 2 unspecified atom stereocenters. The lowest BCUT2D eigenvalue weighted by Crippen LogP contribution is -2.23. The predicted molar refractivity (Wildman–Crippen MR) is 60.5 cm³/mol. The van der Waals surface area contributed by atoms with E-state index in [4.69, 9.17) is 10.5 Å². The van der Waals surface area contributed by atoms with Gasteiger partial charge in [-0.15, -0.1) is 0 Å². The van der Waals surface area contributed by atoms with Crippen LogP contribution in [0.5, 0.6) is 5.75 Å². The van der Waals surface area contributed by atoms with Gasteiger partial charge < -0.3 is 15.6 Å². The molecule has 4 nitrogen and oxygen atoms in total. The Morgan fingerprint density at radius 1 is 1.62 bits per heavy atom. The summed E-state index contributed by atoms with van der Waals surface area (Å²) in [6.45, 7) is 1.92. The molecule has 0 radical (unpaired) electrons. The van der Waals surface area contributed by atoms with Crippen molar-refractivity contribution in [3.8, 4) is 5.75 Å². The lowest BCUT2D eigenvalue weighted by molar-refractivity contribution is -0.140. The largest absolute Gasteiger partial charge is 0.497 e. The summed E-state index contributed by atoms with van der Waals surface area (Å²) in [6, 6.07) is 5.16. The Hall–Kier alpha value is -1.71. The van der Waals surface area contributed by atoms with Crippen molar-refractivity contribution in [2.24, 2.45) is 5.92 Å². The van der Waals surface area contributed by atoms with Crippen LogP contribution in [-0.4, -0.2) is 18.2 Å². The number of aliphatic carboxylic acids is 1. The normalized spacial score (nSPS) is 27.5. The number of nitrogens with two attached hydrogens (primary N) is 1. The highest BCUT2D eigenvalue weighted by atomic mass is 16.5. The molecule has 0 heterocycles. The molecule has 1 saturated carbocycles. The highest BCUT2D eigenvalue weighted by Crippen LogP contribution is 2.56. The molecule has 0 spiro atoms. The van der Waals surface area contributed by atoms with E-state index >= 15 is 0 Å². The quantitative estimate of drug-likeness (QED) is 0.761. The Morgan fingerprint density at radius 2 is 2.25 bits per heavy atom. The van der Waals surface area contributed by atoms with Crippen LogP contribution in [0, 0.1) is 5.92 Å². The summed E-state index contributed by atoms with van der Waals surface area (Å²) >= 11 is 0. The number of carboxylic acids is 1. The topological polar surface area (TPSA) is 72.5 Å². The highest BCUT2D eigenvalue weighted by molar-refractivity contribution is 5.88. The van der Waals surface area contributed by atoms with Crippen molar-refractivity contribution >= 4 is 11.7 Å². The fraction of sp³-hybridized carbons (Fsp3) is 0.417. The zero-order valence-corrected chi connectivity index (χ0v) is 9.36. The van der Waals surface area contributed by atoms with Crippen LogP contribution in [0.2, 0.25) is 0 Å². The molecule has 0 aliphatic heterocycles. The van der Waals surface area contributed by atoms with Gasteiger partial charge in [0.25, 0.3) is 0 Å². The van der Waals surface area contributed by atoms with Gasteiger partial charge in [0.1, 0.15) is 5.75 Å². The molecule has 16 heavy (non-hydrogen) atoms. The minimum Gasteiger partial charge on any atom is -0.497 e. The van der Waals surface area contributed by atoms with Crippen LogP contribution in [0.25, 0.3) is 0 Å². The van der Waals surface area contributed by atoms with Crippen LogP contribution in [0.4, 0.5) is 5.69 Å². The summed E-state index contributed by atoms with van der Waals surface area (Å²) in [7, 11) is 1.55. The zero-order chi connectivity index (χ0) is 11.9. The van der Waals surface area contributed by atoms with Crippen LogP contribution in [0.1, 0.15) is 18.9 Å². The van der Waals surface area contributed by atoms with Crippen LogP contribution < -0.4 is 10.5 Å². The number of anilines is 1. The van der Waals surface area contributed by atoms with E-state index in [-0.39, 0.29) is 5.92 Å². The molecule has 86 valence electrons. The van der Waals surface area contributed by atoms with Gasteiger partial charge in [-0.2, -0.15) is 0 Å². The maximum atomic E-state index is 11.3. The molecule has 3 N–H and O–H groups in total. The van der Waals surface area contributed by atoms with E-state index in [1.54, 1.807) is 25.3 Å². The second-order valence-corrected chi connectivity index (χ2v) is 4.33. The van der Waals surface area contributed by atoms with E-state index in [1.165, 1.54) is 0 Å². The standard InChI is InChI=1S/C12H15NO3/c1-7-6-12(7,11(14)15)9-5-8(16-2)3-4-10(9)13/h3-5,7H,6,13H2,1-2H3,(H,14,15). The third-order valence-electron chi connectivity index (χ3n) is 3.43. The van der Waals surface area contributed by atoms with Crippen LogP contribution in [0.15, 0.2) is 18.2 Å². The molecule has 4 heteroatoms. The molecule has 1 aliphatic carbocycles. The van der Waals surface area contributed by atoms with Gasteiger partial charge in [-0.05, 0) is 36.1 Å². The first-order valence-electron chi connectivity index (χ1n) is 5.19. The number of nitrogen functional groups attached to an aromatic ring is 1. The summed E-state index contributed by atoms with van der Waals surface area (Å²) in [5.74, 6) is -0.0386. The average molecular weight is 221 g/mol. The molecule has 0 amide bonds. The molecule has 0 aromatic heterocycles. The van der Waals surface area contributed by atoms with E-state index in [1.807, 2.05) is 6.92 Å². The van der Waals surface area contributed by atoms with Gasteiger partial charge in [0, 0.05) is 5.69 Å². The number of benzene rings is 1. The van der Waals surface area contributed by atoms with E-state index in [9.17, 15) is 9.90 Å². The first-order chi connectivity index (χ1) is 7.52. The molecule has 1 fully saturated rings. The van der Waals surface area contributed by atoms with E-state index in [0.717, 1.165) is 0 Å². The van der Waals surface area contributed by atoms with Crippen molar-refractivity contribution in [1.82, 2.24) is 0 Å². The Bertz CT molecular complexity index is 444. The fourth-order valence-electron chi connectivity index (χ4n) is 2.26. The first kappa shape index (κ1) is 10.8. The van der Waals surface area contributed by atoms with Gasteiger partial charge in [-0.25, -0.2) is 0 Å². The van der Waals surface area contributed by atoms with Crippen LogP contribution in [-0.2, 0) is 10.2 Å². The van der Waals surface area contributed by atoms with Gasteiger partial charge in [0.05, 0.1) is 12.5 Å². The smallest absolute Gasteiger partial charge is 0.314 e. The predicted octanol–water partition coefficient (Wildman–Crippen LogP) is 1.64. The lowest BCUT2D eigenvalue weighted by atomic mass is 9.92. The average Bonchev–Trinajstić information content (AvgIpc) is 2.92. The van der Waals surface area contributed by atoms with Crippen molar-refractivity contribution in [2.45, 2.75) is 18.8 Å².